The third kappa shape index (κ3) is 4.31. The van der Waals surface area contributed by atoms with Crippen LogP contribution >= 0.6 is 0 Å². The normalized spacial score (nSPS) is 19.6. The molecule has 4 rings (SSSR count). The maximum atomic E-state index is 12.6. The molecule has 0 unspecified atom stereocenters. The summed E-state index contributed by atoms with van der Waals surface area (Å²) < 4.78 is 12.4. The van der Waals surface area contributed by atoms with E-state index in [9.17, 15) is 9.59 Å². The molecule has 0 N–H and O–H groups in total. The number of morpholine rings is 1. The van der Waals surface area contributed by atoms with Crippen LogP contribution in [-0.4, -0.2) is 72.6 Å². The van der Waals surface area contributed by atoms with Gasteiger partial charge in [-0.2, -0.15) is 0 Å². The molecular weight excluding hydrogens is 346 g/mol. The SMILES string of the molecule is O=C(CN1CCOCC1)c1ccc2c(c1)oc(=O)n2CCN1CCCCC1. The maximum absolute atomic E-state index is 12.6. The molecule has 146 valence electrons. The highest BCUT2D eigenvalue weighted by Gasteiger charge is 2.18. The Morgan fingerprint density at radius 1 is 0.963 bits per heavy atom. The van der Waals surface area contributed by atoms with Gasteiger partial charge in [-0.3, -0.25) is 14.3 Å². The number of aromatic nitrogens is 1. The van der Waals surface area contributed by atoms with Crippen molar-refractivity contribution in [1.29, 1.82) is 0 Å². The molecule has 1 aromatic carbocycles. The third-order valence-electron chi connectivity index (χ3n) is 5.55. The Morgan fingerprint density at radius 2 is 1.74 bits per heavy atom. The fourth-order valence-electron chi connectivity index (χ4n) is 3.93. The minimum Gasteiger partial charge on any atom is -0.408 e. The molecule has 2 aliphatic rings. The largest absolute Gasteiger partial charge is 0.419 e. The lowest BCUT2D eigenvalue weighted by atomic mass is 10.1. The van der Waals surface area contributed by atoms with Crippen molar-refractivity contribution in [2.45, 2.75) is 25.8 Å². The molecule has 27 heavy (non-hydrogen) atoms. The van der Waals surface area contributed by atoms with E-state index in [1.54, 1.807) is 16.7 Å². The number of piperidine rings is 1. The highest BCUT2D eigenvalue weighted by Crippen LogP contribution is 2.17. The number of carbonyl (C=O) groups is 1. The van der Waals surface area contributed by atoms with Crippen LogP contribution in [0.25, 0.3) is 11.1 Å². The number of ketones is 1. The summed E-state index contributed by atoms with van der Waals surface area (Å²) in [5.74, 6) is -0.303. The zero-order chi connectivity index (χ0) is 18.6. The Labute approximate surface area is 158 Å². The average molecular weight is 373 g/mol. The summed E-state index contributed by atoms with van der Waals surface area (Å²) in [6, 6.07) is 5.34. The minimum absolute atomic E-state index is 0.0440. The van der Waals surface area contributed by atoms with Crippen LogP contribution in [0.3, 0.4) is 0 Å². The predicted molar refractivity (Wildman–Crippen MR) is 102 cm³/mol. The van der Waals surface area contributed by atoms with Crippen molar-refractivity contribution in [3.8, 4) is 0 Å². The monoisotopic (exact) mass is 373 g/mol. The lowest BCUT2D eigenvalue weighted by Crippen LogP contribution is -2.39. The van der Waals surface area contributed by atoms with Crippen LogP contribution < -0.4 is 5.76 Å². The van der Waals surface area contributed by atoms with E-state index in [1.165, 1.54) is 19.3 Å². The number of oxazole rings is 1. The summed E-state index contributed by atoms with van der Waals surface area (Å²) in [5, 5.41) is 0. The van der Waals surface area contributed by atoms with Crippen molar-refractivity contribution in [3.63, 3.8) is 0 Å². The van der Waals surface area contributed by atoms with Gasteiger partial charge in [-0.05, 0) is 44.1 Å². The molecule has 0 radical (unpaired) electrons. The summed E-state index contributed by atoms with van der Waals surface area (Å²) in [4.78, 5) is 29.3. The van der Waals surface area contributed by atoms with Crippen LogP contribution in [0.5, 0.6) is 0 Å². The highest BCUT2D eigenvalue weighted by molar-refractivity contribution is 6.00. The number of ether oxygens (including phenoxy) is 1. The van der Waals surface area contributed by atoms with Crippen LogP contribution in [0, 0.1) is 0 Å². The van der Waals surface area contributed by atoms with E-state index in [0.717, 1.165) is 38.2 Å². The molecule has 3 heterocycles. The molecule has 0 atom stereocenters. The van der Waals surface area contributed by atoms with Gasteiger partial charge in [0.05, 0.1) is 25.3 Å². The first kappa shape index (κ1) is 18.4. The van der Waals surface area contributed by atoms with E-state index < -0.39 is 0 Å². The first-order valence-corrected chi connectivity index (χ1v) is 9.90. The molecule has 2 aromatic rings. The summed E-state index contributed by atoms with van der Waals surface area (Å²) in [5.41, 5.74) is 1.84. The molecule has 0 amide bonds. The van der Waals surface area contributed by atoms with E-state index in [2.05, 4.69) is 9.80 Å². The van der Waals surface area contributed by atoms with Crippen molar-refractivity contribution in [3.05, 3.63) is 34.3 Å². The van der Waals surface area contributed by atoms with E-state index >= 15 is 0 Å². The van der Waals surface area contributed by atoms with Gasteiger partial charge in [0, 0.05) is 31.7 Å². The minimum atomic E-state index is -0.347. The Bertz CT molecular complexity index is 845. The Kier molecular flexibility index (Phi) is 5.71. The topological polar surface area (TPSA) is 67.9 Å². The molecular formula is C20H27N3O4. The van der Waals surface area contributed by atoms with E-state index in [-0.39, 0.29) is 11.5 Å². The third-order valence-corrected chi connectivity index (χ3v) is 5.55. The molecule has 0 aliphatic carbocycles. The number of Topliss-reactive ketones (excluding diaryl/α,β-unsaturated/α-hetero) is 1. The molecule has 7 heteroatoms. The number of hydrogen-bond acceptors (Lipinski definition) is 6. The quantitative estimate of drug-likeness (QED) is 0.717. The van der Waals surface area contributed by atoms with Gasteiger partial charge >= 0.3 is 5.76 Å². The number of carbonyl (C=O) groups excluding carboxylic acids is 1. The van der Waals surface area contributed by atoms with Gasteiger partial charge < -0.3 is 14.1 Å². The second-order valence-corrected chi connectivity index (χ2v) is 7.42. The van der Waals surface area contributed by atoms with Crippen LogP contribution in [0.4, 0.5) is 0 Å². The van der Waals surface area contributed by atoms with Crippen molar-refractivity contribution >= 4 is 16.9 Å². The zero-order valence-corrected chi connectivity index (χ0v) is 15.7. The lowest BCUT2D eigenvalue weighted by molar-refractivity contribution is 0.0371. The van der Waals surface area contributed by atoms with Gasteiger partial charge in [0.1, 0.15) is 0 Å². The Morgan fingerprint density at radius 3 is 2.52 bits per heavy atom. The second-order valence-electron chi connectivity index (χ2n) is 7.42. The van der Waals surface area contributed by atoms with Crippen LogP contribution in [0.15, 0.2) is 27.4 Å². The van der Waals surface area contributed by atoms with Gasteiger partial charge in [-0.1, -0.05) is 6.42 Å². The summed E-state index contributed by atoms with van der Waals surface area (Å²) in [7, 11) is 0. The number of hydrogen-bond donors (Lipinski definition) is 0. The number of benzene rings is 1. The van der Waals surface area contributed by atoms with Crippen molar-refractivity contribution < 1.29 is 13.9 Å². The van der Waals surface area contributed by atoms with Gasteiger partial charge in [0.25, 0.3) is 0 Å². The van der Waals surface area contributed by atoms with E-state index in [1.807, 2.05) is 6.07 Å². The fraction of sp³-hybridized carbons (Fsp3) is 0.600. The standard InChI is InChI=1S/C20H27N3O4/c24-18(15-22-10-12-26-13-11-22)16-4-5-17-19(14-16)27-20(25)23(17)9-8-21-6-2-1-3-7-21/h4-5,14H,1-3,6-13,15H2. The molecule has 0 spiro atoms. The molecule has 1 aromatic heterocycles. The number of fused-ring (bicyclic) bond motifs is 1. The molecule has 2 fully saturated rings. The summed E-state index contributed by atoms with van der Waals surface area (Å²) in [6.07, 6.45) is 3.76. The molecule has 0 saturated carbocycles. The van der Waals surface area contributed by atoms with Gasteiger partial charge in [-0.25, -0.2) is 4.79 Å². The zero-order valence-electron chi connectivity index (χ0n) is 15.7. The lowest BCUT2D eigenvalue weighted by Gasteiger charge is -2.26. The average Bonchev–Trinajstić information content (AvgIpc) is 3.02. The Hall–Kier alpha value is -1.96. The van der Waals surface area contributed by atoms with Crippen LogP contribution in [0.2, 0.25) is 0 Å². The highest BCUT2D eigenvalue weighted by atomic mass is 16.5. The molecule has 2 saturated heterocycles. The summed E-state index contributed by atoms with van der Waals surface area (Å²) >= 11 is 0. The van der Waals surface area contributed by atoms with E-state index in [4.69, 9.17) is 9.15 Å². The maximum Gasteiger partial charge on any atom is 0.419 e. The van der Waals surface area contributed by atoms with Gasteiger partial charge in [-0.15, -0.1) is 0 Å². The predicted octanol–water partition coefficient (Wildman–Crippen LogP) is 1.60. The Balaban J connectivity index is 1.46. The van der Waals surface area contributed by atoms with Gasteiger partial charge in [0.15, 0.2) is 11.4 Å². The van der Waals surface area contributed by atoms with Crippen LogP contribution in [-0.2, 0) is 11.3 Å². The smallest absolute Gasteiger partial charge is 0.408 e. The fourth-order valence-corrected chi connectivity index (χ4v) is 3.93. The molecule has 2 aliphatic heterocycles. The number of rotatable bonds is 6. The molecule has 0 bridgehead atoms. The van der Waals surface area contributed by atoms with Gasteiger partial charge in [0.2, 0.25) is 0 Å². The van der Waals surface area contributed by atoms with Crippen molar-refractivity contribution in [2.24, 2.45) is 0 Å². The summed E-state index contributed by atoms with van der Waals surface area (Å²) in [6.45, 7) is 6.93. The first-order chi connectivity index (χ1) is 13.2. The van der Waals surface area contributed by atoms with E-state index in [0.29, 0.717) is 37.4 Å². The van der Waals surface area contributed by atoms with Crippen molar-refractivity contribution in [1.82, 2.24) is 14.4 Å². The molecule has 7 nitrogen and oxygen atoms in total. The first-order valence-electron chi connectivity index (χ1n) is 9.90. The number of nitrogens with zero attached hydrogens (tertiary/aromatic N) is 3. The van der Waals surface area contributed by atoms with Crippen molar-refractivity contribution in [2.75, 3.05) is 52.5 Å². The second kappa shape index (κ2) is 8.37. The van der Waals surface area contributed by atoms with Crippen LogP contribution in [0.1, 0.15) is 29.6 Å². The number of likely N-dealkylation sites (tertiary alicyclic amines) is 1.